The normalized spacial score (nSPS) is 11.1. The number of hydrogen-bond acceptors (Lipinski definition) is 2. The number of anilines is 1. The van der Waals surface area contributed by atoms with Gasteiger partial charge >= 0.3 is 6.36 Å². The SMILES string of the molecule is O=C(Cc1ccc(F)cc1)Nc1ccc(OC(F)(F)F)cc1. The van der Waals surface area contributed by atoms with E-state index in [1.54, 1.807) is 0 Å². The molecule has 1 amide bonds. The maximum Gasteiger partial charge on any atom is 0.573 e. The van der Waals surface area contributed by atoms with Crippen molar-refractivity contribution in [3.8, 4) is 5.75 Å². The van der Waals surface area contributed by atoms with E-state index in [0.717, 1.165) is 12.1 Å². The van der Waals surface area contributed by atoms with Crippen LogP contribution in [0.15, 0.2) is 48.5 Å². The molecule has 0 aliphatic heterocycles. The molecule has 0 heterocycles. The Labute approximate surface area is 123 Å². The average molecular weight is 313 g/mol. The van der Waals surface area contributed by atoms with Gasteiger partial charge in [-0.15, -0.1) is 13.2 Å². The fraction of sp³-hybridized carbons (Fsp3) is 0.133. The number of halogens is 4. The lowest BCUT2D eigenvalue weighted by molar-refractivity contribution is -0.274. The third-order valence-electron chi connectivity index (χ3n) is 2.65. The number of benzene rings is 2. The fourth-order valence-corrected chi connectivity index (χ4v) is 1.73. The summed E-state index contributed by atoms with van der Waals surface area (Å²) in [6.45, 7) is 0. The van der Waals surface area contributed by atoms with Gasteiger partial charge in [0.05, 0.1) is 6.42 Å². The first kappa shape index (κ1) is 15.8. The van der Waals surface area contributed by atoms with E-state index in [1.807, 2.05) is 0 Å². The molecule has 7 heteroatoms. The Morgan fingerprint density at radius 3 is 2.14 bits per heavy atom. The summed E-state index contributed by atoms with van der Waals surface area (Å²) >= 11 is 0. The number of nitrogens with one attached hydrogen (secondary N) is 1. The molecule has 22 heavy (non-hydrogen) atoms. The van der Waals surface area contributed by atoms with E-state index < -0.39 is 12.2 Å². The smallest absolute Gasteiger partial charge is 0.406 e. The highest BCUT2D eigenvalue weighted by molar-refractivity contribution is 5.92. The monoisotopic (exact) mass is 313 g/mol. The molecule has 2 aromatic carbocycles. The van der Waals surface area contributed by atoms with Gasteiger partial charge < -0.3 is 10.1 Å². The summed E-state index contributed by atoms with van der Waals surface area (Å²) in [6, 6.07) is 10.2. The van der Waals surface area contributed by atoms with Gasteiger partial charge in [0.25, 0.3) is 0 Å². The van der Waals surface area contributed by atoms with E-state index in [-0.39, 0.29) is 18.1 Å². The summed E-state index contributed by atoms with van der Waals surface area (Å²) in [6.07, 6.45) is -4.73. The number of carbonyl (C=O) groups is 1. The number of amides is 1. The van der Waals surface area contributed by atoms with Gasteiger partial charge in [0.1, 0.15) is 11.6 Å². The Hall–Kier alpha value is -2.57. The minimum atomic E-state index is -4.76. The van der Waals surface area contributed by atoms with Crippen LogP contribution < -0.4 is 10.1 Å². The molecule has 116 valence electrons. The van der Waals surface area contributed by atoms with Gasteiger partial charge in [0.2, 0.25) is 5.91 Å². The number of rotatable bonds is 4. The van der Waals surface area contributed by atoms with Crippen molar-refractivity contribution in [2.45, 2.75) is 12.8 Å². The van der Waals surface area contributed by atoms with Gasteiger partial charge in [0, 0.05) is 5.69 Å². The minimum absolute atomic E-state index is 0.0289. The van der Waals surface area contributed by atoms with Gasteiger partial charge in [-0.1, -0.05) is 12.1 Å². The molecule has 3 nitrogen and oxygen atoms in total. The number of alkyl halides is 3. The standard InChI is InChI=1S/C15H11F4NO2/c16-11-3-1-10(2-4-11)9-14(21)20-12-5-7-13(8-6-12)22-15(17,18)19/h1-8H,9H2,(H,20,21). The first-order valence-corrected chi connectivity index (χ1v) is 6.22. The van der Waals surface area contributed by atoms with Crippen molar-refractivity contribution in [3.05, 3.63) is 59.9 Å². The Kier molecular flexibility index (Phi) is 4.65. The molecule has 1 N–H and O–H groups in total. The fourth-order valence-electron chi connectivity index (χ4n) is 1.73. The van der Waals surface area contributed by atoms with Crippen LogP contribution in [0.4, 0.5) is 23.2 Å². The Morgan fingerprint density at radius 2 is 1.59 bits per heavy atom. The van der Waals surface area contributed by atoms with Crippen LogP contribution in [0.1, 0.15) is 5.56 Å². The molecular weight excluding hydrogens is 302 g/mol. The molecule has 0 atom stereocenters. The lowest BCUT2D eigenvalue weighted by atomic mass is 10.1. The predicted octanol–water partition coefficient (Wildman–Crippen LogP) is 3.91. The summed E-state index contributed by atoms with van der Waals surface area (Å²) in [7, 11) is 0. The van der Waals surface area contributed by atoms with Crippen LogP contribution in [0.5, 0.6) is 5.75 Å². The molecule has 0 radical (unpaired) electrons. The van der Waals surface area contributed by atoms with Crippen molar-refractivity contribution >= 4 is 11.6 Å². The van der Waals surface area contributed by atoms with Crippen molar-refractivity contribution in [2.24, 2.45) is 0 Å². The molecule has 0 aromatic heterocycles. The lowest BCUT2D eigenvalue weighted by Crippen LogP contribution is -2.17. The predicted molar refractivity (Wildman–Crippen MR) is 71.9 cm³/mol. The Morgan fingerprint density at radius 1 is 1.00 bits per heavy atom. The summed E-state index contributed by atoms with van der Waals surface area (Å²) in [4.78, 5) is 11.8. The molecule has 0 saturated carbocycles. The van der Waals surface area contributed by atoms with Crippen molar-refractivity contribution in [2.75, 3.05) is 5.32 Å². The van der Waals surface area contributed by atoms with Crippen LogP contribution in [0.25, 0.3) is 0 Å². The summed E-state index contributed by atoms with van der Waals surface area (Å²) in [5, 5.41) is 2.53. The van der Waals surface area contributed by atoms with Crippen LogP contribution >= 0.6 is 0 Å². The van der Waals surface area contributed by atoms with Gasteiger partial charge in [0.15, 0.2) is 0 Å². The second-order valence-electron chi connectivity index (χ2n) is 4.42. The maximum atomic E-state index is 12.7. The second-order valence-corrected chi connectivity index (χ2v) is 4.42. The zero-order valence-corrected chi connectivity index (χ0v) is 11.2. The lowest BCUT2D eigenvalue weighted by Gasteiger charge is -2.10. The highest BCUT2D eigenvalue weighted by Crippen LogP contribution is 2.24. The molecule has 0 spiro atoms. The quantitative estimate of drug-likeness (QED) is 0.869. The van der Waals surface area contributed by atoms with E-state index in [2.05, 4.69) is 10.1 Å². The average Bonchev–Trinajstić information content (AvgIpc) is 2.42. The molecule has 2 aromatic rings. The van der Waals surface area contributed by atoms with Crippen molar-refractivity contribution in [3.63, 3.8) is 0 Å². The van der Waals surface area contributed by atoms with Gasteiger partial charge in [-0.25, -0.2) is 4.39 Å². The summed E-state index contributed by atoms with van der Waals surface area (Å²) < 4.78 is 52.5. The third kappa shape index (κ3) is 5.08. The Balaban J connectivity index is 1.93. The zero-order chi connectivity index (χ0) is 16.2. The first-order valence-electron chi connectivity index (χ1n) is 6.22. The summed E-state index contributed by atoms with van der Waals surface area (Å²) in [5.41, 5.74) is 0.956. The maximum absolute atomic E-state index is 12.7. The minimum Gasteiger partial charge on any atom is -0.406 e. The van der Waals surface area contributed by atoms with Crippen molar-refractivity contribution in [1.82, 2.24) is 0 Å². The number of ether oxygens (including phenoxy) is 1. The molecule has 0 aliphatic carbocycles. The van der Waals surface area contributed by atoms with Crippen LogP contribution in [0.2, 0.25) is 0 Å². The molecular formula is C15H11F4NO2. The molecule has 0 bridgehead atoms. The van der Waals surface area contributed by atoms with Gasteiger partial charge in [-0.2, -0.15) is 0 Å². The molecule has 0 saturated heterocycles. The molecule has 0 aliphatic rings. The van der Waals surface area contributed by atoms with Crippen molar-refractivity contribution in [1.29, 1.82) is 0 Å². The van der Waals surface area contributed by atoms with Crippen LogP contribution in [0.3, 0.4) is 0 Å². The zero-order valence-electron chi connectivity index (χ0n) is 11.2. The molecule has 0 fully saturated rings. The molecule has 2 rings (SSSR count). The van der Waals surface area contributed by atoms with E-state index in [1.165, 1.54) is 36.4 Å². The third-order valence-corrected chi connectivity index (χ3v) is 2.65. The van der Waals surface area contributed by atoms with Crippen LogP contribution in [-0.4, -0.2) is 12.3 Å². The highest BCUT2D eigenvalue weighted by Gasteiger charge is 2.30. The number of hydrogen-bond donors (Lipinski definition) is 1. The topological polar surface area (TPSA) is 38.3 Å². The highest BCUT2D eigenvalue weighted by atomic mass is 19.4. The second kappa shape index (κ2) is 6.46. The van der Waals surface area contributed by atoms with Crippen LogP contribution in [0, 0.1) is 5.82 Å². The Bertz CT molecular complexity index is 636. The first-order chi connectivity index (χ1) is 10.3. The summed E-state index contributed by atoms with van der Waals surface area (Å²) in [5.74, 6) is -1.13. The van der Waals surface area contributed by atoms with Crippen molar-refractivity contribution < 1.29 is 27.1 Å². The van der Waals surface area contributed by atoms with Gasteiger partial charge in [-0.3, -0.25) is 4.79 Å². The number of carbonyl (C=O) groups excluding carboxylic acids is 1. The molecule has 0 unspecified atom stereocenters. The van der Waals surface area contributed by atoms with Gasteiger partial charge in [-0.05, 0) is 42.0 Å². The largest absolute Gasteiger partial charge is 0.573 e. The van der Waals surface area contributed by atoms with E-state index in [9.17, 15) is 22.4 Å². The van der Waals surface area contributed by atoms with E-state index in [4.69, 9.17) is 0 Å². The van der Waals surface area contributed by atoms with E-state index in [0.29, 0.717) is 11.3 Å². The van der Waals surface area contributed by atoms with E-state index >= 15 is 0 Å². The van der Waals surface area contributed by atoms with Crippen LogP contribution in [-0.2, 0) is 11.2 Å².